The van der Waals surface area contributed by atoms with E-state index in [9.17, 15) is 0 Å². The van der Waals surface area contributed by atoms with Crippen molar-refractivity contribution in [3.8, 4) is 0 Å². The van der Waals surface area contributed by atoms with Gasteiger partial charge in [0.05, 0.1) is 0 Å². The average Bonchev–Trinajstić information content (AvgIpc) is 2.43. The molecule has 1 aliphatic rings. The molecule has 3 N–H and O–H groups in total. The number of oxime groups is 1. The lowest BCUT2D eigenvalue weighted by atomic mass is 9.79. The Kier molecular flexibility index (Phi) is 4.10. The van der Waals surface area contributed by atoms with E-state index in [4.69, 9.17) is 10.9 Å². The summed E-state index contributed by atoms with van der Waals surface area (Å²) in [5.41, 5.74) is 8.35. The highest BCUT2D eigenvalue weighted by Crippen LogP contribution is 2.31. The maximum Gasteiger partial charge on any atom is 0.145 e. The van der Waals surface area contributed by atoms with Crippen LogP contribution in [0.3, 0.4) is 0 Å². The van der Waals surface area contributed by atoms with Gasteiger partial charge in [0, 0.05) is 12.0 Å². The lowest BCUT2D eigenvalue weighted by Gasteiger charge is -2.38. The van der Waals surface area contributed by atoms with E-state index in [0.29, 0.717) is 5.84 Å². The highest BCUT2D eigenvalue weighted by molar-refractivity contribution is 5.85. The summed E-state index contributed by atoms with van der Waals surface area (Å²) in [6, 6.07) is 8.50. The number of hydrogen-bond acceptors (Lipinski definition) is 3. The Bertz CT molecular complexity index is 462. The van der Waals surface area contributed by atoms with Crippen LogP contribution in [0.15, 0.2) is 29.4 Å². The molecule has 0 radical (unpaired) electrons. The average molecular weight is 261 g/mol. The standard InChI is InChI=1S/C15H23N3O/c1-12-5-3-4-6-13(12)11-18-9-7-15(2,8-10-18)14(16)17-19/h3-6,19H,7-11H2,1-2H3,(H2,16,17). The first-order valence-corrected chi connectivity index (χ1v) is 6.80. The second-order valence-electron chi connectivity index (χ2n) is 5.75. The summed E-state index contributed by atoms with van der Waals surface area (Å²) in [4.78, 5) is 2.44. The second kappa shape index (κ2) is 5.61. The van der Waals surface area contributed by atoms with Crippen LogP contribution in [0, 0.1) is 12.3 Å². The Balaban J connectivity index is 1.96. The molecule has 0 aromatic heterocycles. The predicted octanol–water partition coefficient (Wildman–Crippen LogP) is 2.34. The van der Waals surface area contributed by atoms with Gasteiger partial charge in [-0.3, -0.25) is 4.90 Å². The highest BCUT2D eigenvalue weighted by Gasteiger charge is 2.34. The second-order valence-corrected chi connectivity index (χ2v) is 5.75. The smallest absolute Gasteiger partial charge is 0.145 e. The largest absolute Gasteiger partial charge is 0.409 e. The van der Waals surface area contributed by atoms with Gasteiger partial charge in [0.2, 0.25) is 0 Å². The van der Waals surface area contributed by atoms with Crippen molar-refractivity contribution < 1.29 is 5.21 Å². The predicted molar refractivity (Wildman–Crippen MR) is 77.2 cm³/mol. The number of nitrogens with zero attached hydrogens (tertiary/aromatic N) is 2. The van der Waals surface area contributed by atoms with Crippen molar-refractivity contribution in [1.29, 1.82) is 0 Å². The van der Waals surface area contributed by atoms with Gasteiger partial charge in [0.1, 0.15) is 5.84 Å². The van der Waals surface area contributed by atoms with Gasteiger partial charge in [-0.15, -0.1) is 0 Å². The summed E-state index contributed by atoms with van der Waals surface area (Å²) in [7, 11) is 0. The van der Waals surface area contributed by atoms with E-state index in [1.165, 1.54) is 11.1 Å². The molecule has 4 nitrogen and oxygen atoms in total. The van der Waals surface area contributed by atoms with Gasteiger partial charge in [-0.05, 0) is 44.0 Å². The number of aryl methyl sites for hydroxylation is 1. The zero-order chi connectivity index (χ0) is 13.9. The topological polar surface area (TPSA) is 61.8 Å². The fourth-order valence-electron chi connectivity index (χ4n) is 2.61. The van der Waals surface area contributed by atoms with Crippen LogP contribution in [-0.4, -0.2) is 29.0 Å². The van der Waals surface area contributed by atoms with Gasteiger partial charge >= 0.3 is 0 Å². The Morgan fingerprint density at radius 1 is 1.37 bits per heavy atom. The minimum absolute atomic E-state index is 0.156. The Morgan fingerprint density at radius 3 is 2.58 bits per heavy atom. The minimum atomic E-state index is -0.156. The summed E-state index contributed by atoms with van der Waals surface area (Å²) in [6.07, 6.45) is 1.88. The molecule has 0 amide bonds. The van der Waals surface area contributed by atoms with Gasteiger partial charge in [0.25, 0.3) is 0 Å². The van der Waals surface area contributed by atoms with Crippen LogP contribution in [0.5, 0.6) is 0 Å². The molecule has 1 heterocycles. The van der Waals surface area contributed by atoms with Gasteiger partial charge in [-0.1, -0.05) is 36.3 Å². The van der Waals surface area contributed by atoms with Crippen LogP contribution in [0.25, 0.3) is 0 Å². The first-order valence-electron chi connectivity index (χ1n) is 6.80. The molecule has 19 heavy (non-hydrogen) atoms. The van der Waals surface area contributed by atoms with Crippen molar-refractivity contribution in [1.82, 2.24) is 4.90 Å². The van der Waals surface area contributed by atoms with E-state index >= 15 is 0 Å². The van der Waals surface area contributed by atoms with Crippen LogP contribution in [0.2, 0.25) is 0 Å². The molecule has 1 aromatic rings. The molecule has 0 bridgehead atoms. The number of amidine groups is 1. The lowest BCUT2D eigenvalue weighted by Crippen LogP contribution is -2.45. The van der Waals surface area contributed by atoms with E-state index in [-0.39, 0.29) is 5.41 Å². The van der Waals surface area contributed by atoms with Crippen molar-refractivity contribution in [3.05, 3.63) is 35.4 Å². The van der Waals surface area contributed by atoms with Gasteiger partial charge in [-0.25, -0.2) is 0 Å². The molecular formula is C15H23N3O. The van der Waals surface area contributed by atoms with Gasteiger partial charge in [-0.2, -0.15) is 0 Å². The number of benzene rings is 1. The van der Waals surface area contributed by atoms with E-state index < -0.39 is 0 Å². The maximum atomic E-state index is 8.84. The van der Waals surface area contributed by atoms with Crippen molar-refractivity contribution in [2.75, 3.05) is 13.1 Å². The van der Waals surface area contributed by atoms with Crippen LogP contribution in [-0.2, 0) is 6.54 Å². The Labute approximate surface area is 114 Å². The normalized spacial score (nSPS) is 20.4. The fraction of sp³-hybridized carbons (Fsp3) is 0.533. The van der Waals surface area contributed by atoms with E-state index in [1.54, 1.807) is 0 Å². The Morgan fingerprint density at radius 2 is 2.00 bits per heavy atom. The first-order chi connectivity index (χ1) is 9.05. The SMILES string of the molecule is Cc1ccccc1CN1CCC(C)(/C(N)=N/O)CC1. The number of piperidine rings is 1. The van der Waals surface area contributed by atoms with Crippen LogP contribution in [0.4, 0.5) is 0 Å². The van der Waals surface area contributed by atoms with Gasteiger partial charge < -0.3 is 10.9 Å². The molecule has 0 unspecified atom stereocenters. The zero-order valence-electron chi connectivity index (χ0n) is 11.8. The van der Waals surface area contributed by atoms with Crippen molar-refractivity contribution in [2.24, 2.45) is 16.3 Å². The lowest BCUT2D eigenvalue weighted by molar-refractivity contribution is 0.152. The van der Waals surface area contributed by atoms with E-state index in [1.807, 2.05) is 0 Å². The highest BCUT2D eigenvalue weighted by atomic mass is 16.4. The minimum Gasteiger partial charge on any atom is -0.409 e. The molecule has 104 valence electrons. The molecule has 0 spiro atoms. The fourth-order valence-corrected chi connectivity index (χ4v) is 2.61. The van der Waals surface area contributed by atoms with E-state index in [2.05, 4.69) is 48.2 Å². The number of hydrogen-bond donors (Lipinski definition) is 2. The van der Waals surface area contributed by atoms with Crippen LogP contribution >= 0.6 is 0 Å². The van der Waals surface area contributed by atoms with E-state index in [0.717, 1.165) is 32.5 Å². The monoisotopic (exact) mass is 261 g/mol. The van der Waals surface area contributed by atoms with Crippen molar-refractivity contribution in [3.63, 3.8) is 0 Å². The Hall–Kier alpha value is -1.55. The summed E-state index contributed by atoms with van der Waals surface area (Å²) in [6.45, 7) is 7.19. The molecule has 1 aliphatic heterocycles. The summed E-state index contributed by atoms with van der Waals surface area (Å²) < 4.78 is 0. The molecule has 1 fully saturated rings. The van der Waals surface area contributed by atoms with Gasteiger partial charge in [0.15, 0.2) is 0 Å². The quantitative estimate of drug-likeness (QED) is 0.380. The van der Waals surface area contributed by atoms with Crippen molar-refractivity contribution in [2.45, 2.75) is 33.2 Å². The number of nitrogens with two attached hydrogens (primary N) is 1. The summed E-state index contributed by atoms with van der Waals surface area (Å²) in [5.74, 6) is 0.364. The van der Waals surface area contributed by atoms with Crippen LogP contribution in [0.1, 0.15) is 30.9 Å². The molecule has 0 atom stereocenters. The first kappa shape index (κ1) is 13.9. The molecule has 1 saturated heterocycles. The molecule has 2 rings (SSSR count). The molecule has 0 saturated carbocycles. The molecular weight excluding hydrogens is 238 g/mol. The third kappa shape index (κ3) is 3.07. The van der Waals surface area contributed by atoms with Crippen molar-refractivity contribution >= 4 is 5.84 Å². The summed E-state index contributed by atoms with van der Waals surface area (Å²) in [5, 5.41) is 12.0. The van der Waals surface area contributed by atoms with Crippen LogP contribution < -0.4 is 5.73 Å². The zero-order valence-corrected chi connectivity index (χ0v) is 11.8. The molecule has 0 aliphatic carbocycles. The number of rotatable bonds is 3. The maximum absolute atomic E-state index is 8.84. The molecule has 1 aromatic carbocycles. The third-order valence-electron chi connectivity index (χ3n) is 4.34. The summed E-state index contributed by atoms with van der Waals surface area (Å²) >= 11 is 0. The molecule has 4 heteroatoms. The number of likely N-dealkylation sites (tertiary alicyclic amines) is 1. The third-order valence-corrected chi connectivity index (χ3v) is 4.34.